The second kappa shape index (κ2) is 7.65. The largest absolute Gasteiger partial charge is 0.508 e. The average molecular weight is 412 g/mol. The number of methoxy groups -OCH3 is 1. The third-order valence-corrected chi connectivity index (χ3v) is 5.58. The maximum atomic E-state index is 10.0. The number of rotatable bonds is 4. The van der Waals surface area contributed by atoms with Crippen LogP contribution in [0.5, 0.6) is 23.1 Å². The molecule has 1 atom stereocenters. The van der Waals surface area contributed by atoms with E-state index in [1.165, 1.54) is 0 Å². The third kappa shape index (κ3) is 3.32. The maximum absolute atomic E-state index is 10.0. The molecule has 0 bridgehead atoms. The van der Waals surface area contributed by atoms with Crippen LogP contribution >= 0.6 is 0 Å². The van der Waals surface area contributed by atoms with Crippen molar-refractivity contribution < 1.29 is 19.1 Å². The molecule has 0 saturated heterocycles. The van der Waals surface area contributed by atoms with Crippen molar-refractivity contribution in [1.29, 1.82) is 0 Å². The lowest BCUT2D eigenvalue weighted by molar-refractivity contribution is -0.677. The molecule has 0 radical (unpaired) electrons. The zero-order valence-corrected chi connectivity index (χ0v) is 17.0. The van der Waals surface area contributed by atoms with Gasteiger partial charge < -0.3 is 20.3 Å². The fraction of sp³-hybridized carbons (Fsp3) is 0.120. The molecule has 4 aromatic rings. The molecule has 5 rings (SSSR count). The summed E-state index contributed by atoms with van der Waals surface area (Å²) in [6.07, 6.45) is 1.69. The second-order valence-corrected chi connectivity index (χ2v) is 7.46. The van der Waals surface area contributed by atoms with Gasteiger partial charge in [-0.25, -0.2) is 4.57 Å². The minimum atomic E-state index is -0.258. The van der Waals surface area contributed by atoms with Crippen LogP contribution in [0.25, 0.3) is 0 Å². The summed E-state index contributed by atoms with van der Waals surface area (Å²) < 4.78 is 13.6. The number of phenolic OH excluding ortho intramolecular Hbond substituents is 1. The molecular formula is C25H22N3O3+. The number of aromatic nitrogens is 2. The zero-order valence-electron chi connectivity index (χ0n) is 17.0. The highest BCUT2D eigenvalue weighted by molar-refractivity contribution is 5.63. The van der Waals surface area contributed by atoms with Crippen LogP contribution in [0.4, 0.5) is 5.82 Å². The summed E-state index contributed by atoms with van der Waals surface area (Å²) in [6.45, 7) is 0.591. The number of hydrogen-bond donors (Lipinski definition) is 2. The zero-order chi connectivity index (χ0) is 21.4. The van der Waals surface area contributed by atoms with Crippen molar-refractivity contribution >= 4 is 5.82 Å². The van der Waals surface area contributed by atoms with Crippen LogP contribution in [0.2, 0.25) is 0 Å². The highest BCUT2D eigenvalue weighted by atomic mass is 16.5. The van der Waals surface area contributed by atoms with Crippen LogP contribution < -0.4 is 19.8 Å². The van der Waals surface area contributed by atoms with Crippen LogP contribution in [-0.4, -0.2) is 17.2 Å². The maximum Gasteiger partial charge on any atom is 0.306 e. The number of aromatic hydroxyl groups is 1. The average Bonchev–Trinajstić information content (AvgIpc) is 2.80. The van der Waals surface area contributed by atoms with Gasteiger partial charge in [-0.2, -0.15) is 0 Å². The Morgan fingerprint density at radius 3 is 2.61 bits per heavy atom. The van der Waals surface area contributed by atoms with E-state index in [1.54, 1.807) is 25.6 Å². The summed E-state index contributed by atoms with van der Waals surface area (Å²) in [5, 5.41) is 10.0. The molecule has 1 aliphatic heterocycles. The predicted molar refractivity (Wildman–Crippen MR) is 117 cm³/mol. The molecule has 6 nitrogen and oxygen atoms in total. The van der Waals surface area contributed by atoms with Crippen LogP contribution in [0, 0.1) is 0 Å². The van der Waals surface area contributed by atoms with Gasteiger partial charge in [0.2, 0.25) is 12.1 Å². The summed E-state index contributed by atoms with van der Waals surface area (Å²) in [7, 11) is 1.65. The number of nitrogen functional groups attached to an aromatic ring is 1. The first-order valence-corrected chi connectivity index (χ1v) is 10.0. The van der Waals surface area contributed by atoms with Gasteiger partial charge in [0.05, 0.1) is 19.6 Å². The van der Waals surface area contributed by atoms with Gasteiger partial charge in [-0.1, -0.05) is 59.6 Å². The lowest BCUT2D eigenvalue weighted by Gasteiger charge is -2.28. The summed E-state index contributed by atoms with van der Waals surface area (Å²) in [4.78, 5) is 4.57. The van der Waals surface area contributed by atoms with Gasteiger partial charge >= 0.3 is 5.88 Å². The van der Waals surface area contributed by atoms with Gasteiger partial charge in [0.1, 0.15) is 22.8 Å². The Balaban J connectivity index is 1.71. The van der Waals surface area contributed by atoms with E-state index in [-0.39, 0.29) is 11.7 Å². The molecule has 0 fully saturated rings. The van der Waals surface area contributed by atoms with Crippen molar-refractivity contribution in [3.05, 3.63) is 101 Å². The van der Waals surface area contributed by atoms with Gasteiger partial charge in [-0.05, 0) is 17.7 Å². The SMILES string of the molecule is COc1ccccc1[C@@H]1c2ccc(O)cc2Oc2nc[n+](Cc3ccccc3)c(N)c21. The fourth-order valence-electron chi connectivity index (χ4n) is 4.11. The Bertz CT molecular complexity index is 1260. The molecule has 0 amide bonds. The molecule has 0 spiro atoms. The quantitative estimate of drug-likeness (QED) is 0.436. The van der Waals surface area contributed by atoms with E-state index in [1.807, 2.05) is 53.1 Å². The number of ether oxygens (including phenoxy) is 2. The van der Waals surface area contributed by atoms with Gasteiger partial charge in [0.25, 0.3) is 0 Å². The van der Waals surface area contributed by atoms with Crippen LogP contribution in [-0.2, 0) is 6.54 Å². The minimum absolute atomic E-state index is 0.129. The molecule has 1 aromatic heterocycles. The summed E-state index contributed by atoms with van der Waals surface area (Å²) in [5.74, 6) is 2.17. The van der Waals surface area contributed by atoms with Crippen LogP contribution in [0.3, 0.4) is 0 Å². The number of hydrogen-bond acceptors (Lipinski definition) is 5. The highest BCUT2D eigenvalue weighted by Gasteiger charge is 2.37. The summed E-state index contributed by atoms with van der Waals surface area (Å²) >= 11 is 0. The molecule has 154 valence electrons. The molecule has 0 unspecified atom stereocenters. The predicted octanol–water partition coefficient (Wildman–Crippen LogP) is 4.00. The number of para-hydroxylation sites is 1. The van der Waals surface area contributed by atoms with Crippen LogP contribution in [0.1, 0.15) is 28.2 Å². The Morgan fingerprint density at radius 1 is 1.03 bits per heavy atom. The monoisotopic (exact) mass is 412 g/mol. The Kier molecular flexibility index (Phi) is 4.67. The molecule has 6 heteroatoms. The van der Waals surface area contributed by atoms with E-state index < -0.39 is 0 Å². The van der Waals surface area contributed by atoms with E-state index in [2.05, 4.69) is 17.1 Å². The molecule has 1 aliphatic rings. The number of phenols is 1. The number of fused-ring (bicyclic) bond motifs is 2. The first kappa shape index (κ1) is 18.9. The van der Waals surface area contributed by atoms with E-state index >= 15 is 0 Å². The van der Waals surface area contributed by atoms with Crippen molar-refractivity contribution in [1.82, 2.24) is 4.98 Å². The smallest absolute Gasteiger partial charge is 0.306 e. The molecule has 0 aliphatic carbocycles. The number of nitrogens with zero attached hydrogens (tertiary/aromatic N) is 2. The Labute approximate surface area is 180 Å². The van der Waals surface area contributed by atoms with Crippen molar-refractivity contribution in [2.24, 2.45) is 0 Å². The standard InChI is InChI=1S/C25H21N3O3/c1-30-20-10-6-5-9-18(20)22-19-12-11-17(29)13-21(19)31-25-23(22)24(26)28(15-27-25)14-16-7-3-2-4-8-16/h2-13,15,22,26,29H,14H2,1H3/p+1/t22-/m1/s1. The lowest BCUT2D eigenvalue weighted by Crippen LogP contribution is -2.40. The summed E-state index contributed by atoms with van der Waals surface area (Å²) in [5.41, 5.74) is 10.5. The molecule has 3 aromatic carbocycles. The van der Waals surface area contributed by atoms with E-state index in [0.717, 1.165) is 28.0 Å². The van der Waals surface area contributed by atoms with E-state index in [9.17, 15) is 5.11 Å². The summed E-state index contributed by atoms with van der Waals surface area (Å²) in [6, 6.07) is 23.1. The Morgan fingerprint density at radius 2 is 1.81 bits per heavy atom. The first-order chi connectivity index (χ1) is 15.2. The number of nitrogens with two attached hydrogens (primary N) is 1. The van der Waals surface area contributed by atoms with Crippen molar-refractivity contribution in [3.63, 3.8) is 0 Å². The van der Waals surface area contributed by atoms with Crippen molar-refractivity contribution in [2.45, 2.75) is 12.5 Å². The molecular weight excluding hydrogens is 390 g/mol. The topological polar surface area (TPSA) is 81.5 Å². The highest BCUT2D eigenvalue weighted by Crippen LogP contribution is 2.50. The first-order valence-electron chi connectivity index (χ1n) is 10.0. The second-order valence-electron chi connectivity index (χ2n) is 7.46. The molecule has 31 heavy (non-hydrogen) atoms. The minimum Gasteiger partial charge on any atom is -0.508 e. The lowest BCUT2D eigenvalue weighted by atomic mass is 9.83. The van der Waals surface area contributed by atoms with Gasteiger partial charge in [0.15, 0.2) is 0 Å². The van der Waals surface area contributed by atoms with Crippen LogP contribution in [0.15, 0.2) is 79.1 Å². The van der Waals surface area contributed by atoms with Crippen molar-refractivity contribution in [3.8, 4) is 23.1 Å². The van der Waals surface area contributed by atoms with Crippen molar-refractivity contribution in [2.75, 3.05) is 12.8 Å². The van der Waals surface area contributed by atoms with Gasteiger partial charge in [-0.3, -0.25) is 0 Å². The number of benzene rings is 3. The molecule has 2 heterocycles. The van der Waals surface area contributed by atoms with Gasteiger partial charge in [0, 0.05) is 17.2 Å². The fourth-order valence-corrected chi connectivity index (χ4v) is 4.11. The van der Waals surface area contributed by atoms with Gasteiger partial charge in [-0.15, -0.1) is 0 Å². The third-order valence-electron chi connectivity index (χ3n) is 5.58. The van der Waals surface area contributed by atoms with E-state index in [0.29, 0.717) is 24.0 Å². The molecule has 3 N–H and O–H groups in total. The molecule has 0 saturated carbocycles. The van der Waals surface area contributed by atoms with E-state index in [4.69, 9.17) is 15.2 Å². The normalized spacial score (nSPS) is 14.3. The number of anilines is 1. The Hall–Kier alpha value is -4.06.